The second-order valence-electron chi connectivity index (χ2n) is 12.2. The first-order chi connectivity index (χ1) is 22.4. The minimum atomic E-state index is -0.869. The number of Topliss-reactive ketones (excluding diaryl/α,β-unsaturated/α-hetero) is 1. The largest absolute Gasteiger partial charge is 0.379 e. The summed E-state index contributed by atoms with van der Waals surface area (Å²) in [5, 5.41) is 10.6. The Hall–Kier alpha value is -4.41. The van der Waals surface area contributed by atoms with Gasteiger partial charge in [-0.3, -0.25) is 24.1 Å². The molecule has 0 aromatic heterocycles. The third-order valence-electron chi connectivity index (χ3n) is 8.83. The Morgan fingerprint density at radius 1 is 0.957 bits per heavy atom. The number of carbonyl (C=O) groups excluding carboxylic acids is 5. The van der Waals surface area contributed by atoms with E-state index in [2.05, 4.69) is 20.9 Å². The molecule has 0 aliphatic carbocycles. The molecule has 10 heteroatoms. The minimum absolute atomic E-state index is 0.119. The summed E-state index contributed by atoms with van der Waals surface area (Å²) < 4.78 is 5.48. The molecule has 2 aliphatic rings. The molecule has 3 aromatic carbocycles. The predicted octanol–water partition coefficient (Wildman–Crippen LogP) is 2.23. The Kier molecular flexibility index (Phi) is 11.6. The van der Waals surface area contributed by atoms with E-state index in [1.54, 1.807) is 0 Å². The van der Waals surface area contributed by atoms with Gasteiger partial charge in [-0.1, -0.05) is 72.8 Å². The summed E-state index contributed by atoms with van der Waals surface area (Å²) in [5.74, 6) is -2.21. The van der Waals surface area contributed by atoms with Gasteiger partial charge in [0.05, 0.1) is 37.6 Å². The van der Waals surface area contributed by atoms with Crippen molar-refractivity contribution in [1.29, 1.82) is 0 Å². The Labute approximate surface area is 269 Å². The van der Waals surface area contributed by atoms with E-state index in [0.717, 1.165) is 21.9 Å². The zero-order chi connectivity index (χ0) is 32.3. The molecule has 5 rings (SSSR count). The number of rotatable bonds is 15. The molecular weight excluding hydrogens is 584 g/mol. The van der Waals surface area contributed by atoms with Crippen molar-refractivity contribution in [1.82, 2.24) is 20.9 Å². The second kappa shape index (κ2) is 16.2. The number of amides is 3. The number of ether oxygens (including phenoxy) is 1. The van der Waals surface area contributed by atoms with Crippen molar-refractivity contribution in [2.45, 2.75) is 44.2 Å². The summed E-state index contributed by atoms with van der Waals surface area (Å²) in [4.78, 5) is 67.3. The van der Waals surface area contributed by atoms with E-state index in [9.17, 15) is 24.0 Å². The smallest absolute Gasteiger partial charge is 0.225 e. The van der Waals surface area contributed by atoms with Crippen LogP contribution in [-0.2, 0) is 41.6 Å². The molecule has 0 bridgehead atoms. The fourth-order valence-corrected chi connectivity index (χ4v) is 6.31. The average Bonchev–Trinajstić information content (AvgIpc) is 3.48. The van der Waals surface area contributed by atoms with E-state index in [0.29, 0.717) is 52.1 Å². The van der Waals surface area contributed by atoms with Crippen molar-refractivity contribution in [2.75, 3.05) is 39.4 Å². The average molecular weight is 627 g/mol. The Balaban J connectivity index is 1.35. The van der Waals surface area contributed by atoms with Gasteiger partial charge < -0.3 is 25.5 Å². The van der Waals surface area contributed by atoms with Gasteiger partial charge in [0.15, 0.2) is 5.78 Å². The highest BCUT2D eigenvalue weighted by Gasteiger charge is 2.33. The maximum atomic E-state index is 14.1. The number of morpholine rings is 1. The molecule has 3 amide bonds. The van der Waals surface area contributed by atoms with Gasteiger partial charge in [-0.15, -0.1) is 0 Å². The molecule has 3 N–H and O–H groups in total. The van der Waals surface area contributed by atoms with Crippen LogP contribution in [0.3, 0.4) is 0 Å². The van der Waals surface area contributed by atoms with Crippen LogP contribution in [0.5, 0.6) is 0 Å². The number of nitrogens with one attached hydrogen (secondary N) is 3. The van der Waals surface area contributed by atoms with Crippen LogP contribution in [0.4, 0.5) is 0 Å². The summed E-state index contributed by atoms with van der Waals surface area (Å²) in [5.41, 5.74) is 1.75. The molecule has 0 unspecified atom stereocenters. The zero-order valence-corrected chi connectivity index (χ0v) is 26.0. The number of benzene rings is 3. The number of carbonyl (C=O) groups is 5. The molecule has 0 radical (unpaired) electrons. The van der Waals surface area contributed by atoms with E-state index in [-0.39, 0.29) is 49.2 Å². The van der Waals surface area contributed by atoms with Crippen LogP contribution in [0.15, 0.2) is 72.8 Å². The first kappa shape index (κ1) is 33.0. The van der Waals surface area contributed by atoms with Crippen molar-refractivity contribution in [3.05, 3.63) is 83.9 Å². The van der Waals surface area contributed by atoms with Crippen molar-refractivity contribution < 1.29 is 28.7 Å². The lowest BCUT2D eigenvalue weighted by molar-refractivity contribution is -0.133. The highest BCUT2D eigenvalue weighted by molar-refractivity contribution is 5.94. The van der Waals surface area contributed by atoms with Crippen LogP contribution in [0.1, 0.15) is 30.4 Å². The summed E-state index contributed by atoms with van der Waals surface area (Å²) in [7, 11) is 0. The van der Waals surface area contributed by atoms with E-state index in [1.807, 2.05) is 72.8 Å². The number of nitrogens with zero attached hydrogens (tertiary/aromatic N) is 1. The van der Waals surface area contributed by atoms with Crippen molar-refractivity contribution in [3.63, 3.8) is 0 Å². The molecule has 3 aromatic rings. The third-order valence-corrected chi connectivity index (χ3v) is 8.83. The number of aldehydes is 1. The van der Waals surface area contributed by atoms with Crippen LogP contribution in [0, 0.1) is 11.8 Å². The summed E-state index contributed by atoms with van der Waals surface area (Å²) in [6.07, 6.45) is 1.73. The molecule has 4 atom stereocenters. The number of ketones is 1. The highest BCUT2D eigenvalue weighted by atomic mass is 16.5. The fourth-order valence-electron chi connectivity index (χ4n) is 6.31. The lowest BCUT2D eigenvalue weighted by atomic mass is 9.91. The SMILES string of the molecule is O=C[C@H](C[C@@H]1CCNC1=O)NC(=O)[C@@H](CC(=O)[C@H](Cc1cccc2ccccc12)NC(=O)Cc1ccccc1)CN1CCOCC1. The van der Waals surface area contributed by atoms with E-state index in [4.69, 9.17) is 4.74 Å². The first-order valence-electron chi connectivity index (χ1n) is 16.1. The summed E-state index contributed by atoms with van der Waals surface area (Å²) in [6, 6.07) is 21.4. The highest BCUT2D eigenvalue weighted by Crippen LogP contribution is 2.22. The lowest BCUT2D eigenvalue weighted by Gasteiger charge is -2.31. The molecule has 2 heterocycles. The Morgan fingerprint density at radius 2 is 1.70 bits per heavy atom. The third kappa shape index (κ3) is 9.08. The van der Waals surface area contributed by atoms with E-state index in [1.165, 1.54) is 0 Å². The lowest BCUT2D eigenvalue weighted by Crippen LogP contribution is -2.49. The van der Waals surface area contributed by atoms with Gasteiger partial charge in [0.2, 0.25) is 17.7 Å². The summed E-state index contributed by atoms with van der Waals surface area (Å²) >= 11 is 0. The quantitative estimate of drug-likeness (QED) is 0.220. The van der Waals surface area contributed by atoms with E-state index < -0.39 is 23.9 Å². The van der Waals surface area contributed by atoms with Gasteiger partial charge >= 0.3 is 0 Å². The summed E-state index contributed by atoms with van der Waals surface area (Å²) in [6.45, 7) is 3.13. The van der Waals surface area contributed by atoms with Crippen molar-refractivity contribution in [2.24, 2.45) is 11.8 Å². The standard InChI is InChI=1S/C36H42N4O6/c41-24-30(20-28-13-14-37-35(28)44)38-36(45)29(23-40-15-17-46-18-16-40)22-33(42)32(39-34(43)19-25-7-2-1-3-8-25)21-27-11-6-10-26-9-4-5-12-31(26)27/h1-12,24,28-30,32H,13-23H2,(H,37,44)(H,38,45)(H,39,43)/t28-,29-,30-,32-/m0/s1. The maximum absolute atomic E-state index is 14.1. The molecule has 0 saturated carbocycles. The number of hydrogen-bond donors (Lipinski definition) is 3. The predicted molar refractivity (Wildman–Crippen MR) is 174 cm³/mol. The van der Waals surface area contributed by atoms with E-state index >= 15 is 0 Å². The molecule has 46 heavy (non-hydrogen) atoms. The minimum Gasteiger partial charge on any atom is -0.379 e. The topological polar surface area (TPSA) is 134 Å². The van der Waals surface area contributed by atoms with Gasteiger partial charge in [0, 0.05) is 44.9 Å². The van der Waals surface area contributed by atoms with Crippen molar-refractivity contribution in [3.8, 4) is 0 Å². The van der Waals surface area contributed by atoms with Gasteiger partial charge in [-0.2, -0.15) is 0 Å². The first-order valence-corrected chi connectivity index (χ1v) is 16.1. The molecule has 2 saturated heterocycles. The molecule has 2 aliphatic heterocycles. The zero-order valence-electron chi connectivity index (χ0n) is 26.0. The maximum Gasteiger partial charge on any atom is 0.225 e. The van der Waals surface area contributed by atoms with Gasteiger partial charge in [-0.05, 0) is 34.7 Å². The van der Waals surface area contributed by atoms with Crippen LogP contribution < -0.4 is 16.0 Å². The van der Waals surface area contributed by atoms with Gasteiger partial charge in [0.25, 0.3) is 0 Å². The van der Waals surface area contributed by atoms with Crippen LogP contribution in [-0.4, -0.2) is 86.2 Å². The molecular formula is C36H42N4O6. The van der Waals surface area contributed by atoms with Crippen LogP contribution in [0.25, 0.3) is 10.8 Å². The van der Waals surface area contributed by atoms with Gasteiger partial charge in [-0.25, -0.2) is 0 Å². The second-order valence-corrected chi connectivity index (χ2v) is 12.2. The molecule has 242 valence electrons. The molecule has 10 nitrogen and oxygen atoms in total. The Morgan fingerprint density at radius 3 is 2.43 bits per heavy atom. The van der Waals surface area contributed by atoms with Crippen LogP contribution in [0.2, 0.25) is 0 Å². The fraction of sp³-hybridized carbons (Fsp3) is 0.417. The van der Waals surface area contributed by atoms with Gasteiger partial charge in [0.1, 0.15) is 6.29 Å². The Bertz CT molecular complexity index is 1520. The number of hydrogen-bond acceptors (Lipinski definition) is 7. The van der Waals surface area contributed by atoms with Crippen LogP contribution >= 0.6 is 0 Å². The number of fused-ring (bicyclic) bond motifs is 1. The van der Waals surface area contributed by atoms with Crippen molar-refractivity contribution >= 4 is 40.6 Å². The normalized spacial score (nSPS) is 18.7. The monoisotopic (exact) mass is 626 g/mol. The molecule has 2 fully saturated rings. The molecule has 0 spiro atoms.